The first-order valence-corrected chi connectivity index (χ1v) is 3.66. The van der Waals surface area contributed by atoms with Crippen LogP contribution in [0, 0.1) is 5.82 Å². The minimum absolute atomic E-state index is 0.220. The van der Waals surface area contributed by atoms with E-state index in [0.29, 0.717) is 5.46 Å². The lowest BCUT2D eigenvalue weighted by Crippen LogP contribution is -2.11. The minimum atomic E-state index is -0.220. The topological polar surface area (TPSA) is 0 Å². The molecule has 2 heteroatoms. The number of benzene rings is 1. The first kappa shape index (κ1) is 8.31. The van der Waals surface area contributed by atoms with Crippen molar-refractivity contribution in [3.8, 4) is 0 Å². The zero-order valence-electron chi connectivity index (χ0n) is 6.76. The highest BCUT2D eigenvalue weighted by Gasteiger charge is 2.02. The van der Waals surface area contributed by atoms with E-state index in [4.69, 9.17) is 7.85 Å². The summed E-state index contributed by atoms with van der Waals surface area (Å²) in [6, 6.07) is 4.46. The Morgan fingerprint density at radius 3 is 2.45 bits per heavy atom. The number of rotatable bonds is 1. The van der Waals surface area contributed by atoms with Gasteiger partial charge in [-0.05, 0) is 23.6 Å². The van der Waals surface area contributed by atoms with Gasteiger partial charge in [-0.1, -0.05) is 25.4 Å². The molecule has 0 atom stereocenters. The van der Waals surface area contributed by atoms with Gasteiger partial charge in [0.15, 0.2) is 0 Å². The lowest BCUT2D eigenvalue weighted by molar-refractivity contribution is 0.624. The van der Waals surface area contributed by atoms with Gasteiger partial charge in [-0.25, -0.2) is 4.39 Å². The zero-order chi connectivity index (χ0) is 8.43. The van der Waals surface area contributed by atoms with Gasteiger partial charge >= 0.3 is 0 Å². The van der Waals surface area contributed by atoms with Crippen molar-refractivity contribution in [3.63, 3.8) is 0 Å². The van der Waals surface area contributed by atoms with Crippen LogP contribution in [0.5, 0.6) is 0 Å². The van der Waals surface area contributed by atoms with Crippen LogP contribution < -0.4 is 5.46 Å². The predicted molar refractivity (Wildman–Crippen MR) is 45.9 cm³/mol. The van der Waals surface area contributed by atoms with Crippen LogP contribution in [-0.2, 0) is 0 Å². The Balaban J connectivity index is 3.13. The summed E-state index contributed by atoms with van der Waals surface area (Å²) in [7, 11) is 5.62. The van der Waals surface area contributed by atoms with E-state index in [1.54, 1.807) is 6.07 Å². The number of halogens is 1. The Morgan fingerprint density at radius 2 is 2.00 bits per heavy atom. The van der Waals surface area contributed by atoms with Gasteiger partial charge in [-0.3, -0.25) is 0 Å². The molecule has 0 aliphatic rings. The molecule has 0 fully saturated rings. The van der Waals surface area contributed by atoms with Crippen LogP contribution in [0.4, 0.5) is 4.39 Å². The number of hydrogen-bond donors (Lipinski definition) is 0. The minimum Gasteiger partial charge on any atom is -0.207 e. The molecule has 0 aliphatic carbocycles. The van der Waals surface area contributed by atoms with Gasteiger partial charge in [0.05, 0.1) is 0 Å². The van der Waals surface area contributed by atoms with E-state index in [0.717, 1.165) is 5.56 Å². The van der Waals surface area contributed by atoms with Gasteiger partial charge in [0.2, 0.25) is 0 Å². The Kier molecular flexibility index (Phi) is 2.33. The van der Waals surface area contributed by atoms with Crippen molar-refractivity contribution in [2.75, 3.05) is 0 Å². The SMILES string of the molecule is [B]c1ccc(F)cc1C(C)C. The van der Waals surface area contributed by atoms with Crippen molar-refractivity contribution < 1.29 is 4.39 Å². The molecule has 11 heavy (non-hydrogen) atoms. The summed E-state index contributed by atoms with van der Waals surface area (Å²) >= 11 is 0. The quantitative estimate of drug-likeness (QED) is 0.532. The van der Waals surface area contributed by atoms with Crippen LogP contribution in [-0.4, -0.2) is 7.85 Å². The summed E-state index contributed by atoms with van der Waals surface area (Å²) in [5.74, 6) is 0.0635. The molecule has 0 amide bonds. The summed E-state index contributed by atoms with van der Waals surface area (Å²) in [4.78, 5) is 0. The maximum Gasteiger partial charge on any atom is 0.123 e. The lowest BCUT2D eigenvalue weighted by atomic mass is 9.85. The monoisotopic (exact) mass is 148 g/mol. The molecule has 0 nitrogen and oxygen atoms in total. The molecule has 0 unspecified atom stereocenters. The molecule has 0 aliphatic heterocycles. The highest BCUT2D eigenvalue weighted by Crippen LogP contribution is 2.11. The van der Waals surface area contributed by atoms with Crippen molar-refractivity contribution in [1.82, 2.24) is 0 Å². The second kappa shape index (κ2) is 3.08. The van der Waals surface area contributed by atoms with E-state index in [2.05, 4.69) is 0 Å². The average molecular weight is 148 g/mol. The Bertz CT molecular complexity index is 256. The lowest BCUT2D eigenvalue weighted by Gasteiger charge is -2.08. The molecule has 0 spiro atoms. The fourth-order valence-electron chi connectivity index (χ4n) is 1.05. The van der Waals surface area contributed by atoms with Crippen molar-refractivity contribution in [3.05, 3.63) is 29.6 Å². The third kappa shape index (κ3) is 1.82. The molecule has 1 aromatic carbocycles. The molecule has 0 N–H and O–H groups in total. The Morgan fingerprint density at radius 1 is 1.36 bits per heavy atom. The van der Waals surface area contributed by atoms with Crippen LogP contribution in [0.3, 0.4) is 0 Å². The summed E-state index contributed by atoms with van der Waals surface area (Å²) in [6.07, 6.45) is 0. The summed E-state index contributed by atoms with van der Waals surface area (Å²) in [5, 5.41) is 0. The highest BCUT2D eigenvalue weighted by molar-refractivity contribution is 6.33. The van der Waals surface area contributed by atoms with Crippen molar-refractivity contribution in [2.24, 2.45) is 0 Å². The smallest absolute Gasteiger partial charge is 0.123 e. The van der Waals surface area contributed by atoms with Gasteiger partial charge in [0, 0.05) is 0 Å². The molecule has 0 heterocycles. The van der Waals surface area contributed by atoms with Crippen LogP contribution in [0.25, 0.3) is 0 Å². The molecular weight excluding hydrogens is 138 g/mol. The maximum atomic E-state index is 12.7. The molecule has 0 saturated heterocycles. The van der Waals surface area contributed by atoms with Crippen LogP contribution in [0.15, 0.2) is 18.2 Å². The molecule has 0 bridgehead atoms. The van der Waals surface area contributed by atoms with Crippen molar-refractivity contribution >= 4 is 13.3 Å². The fraction of sp³-hybridized carbons (Fsp3) is 0.333. The summed E-state index contributed by atoms with van der Waals surface area (Å²) in [6.45, 7) is 3.98. The van der Waals surface area contributed by atoms with Crippen LogP contribution in [0.1, 0.15) is 25.3 Å². The van der Waals surface area contributed by atoms with Gasteiger partial charge < -0.3 is 0 Å². The molecule has 2 radical (unpaired) electrons. The molecular formula is C9H10BF. The predicted octanol–water partition coefficient (Wildman–Crippen LogP) is 1.74. The number of hydrogen-bond acceptors (Lipinski definition) is 0. The molecule has 0 aromatic heterocycles. The Labute approximate surface area is 67.8 Å². The fourth-order valence-corrected chi connectivity index (χ4v) is 1.05. The van der Waals surface area contributed by atoms with E-state index in [9.17, 15) is 4.39 Å². The third-order valence-electron chi connectivity index (χ3n) is 1.67. The molecule has 0 saturated carbocycles. The molecule has 56 valence electrons. The third-order valence-corrected chi connectivity index (χ3v) is 1.67. The van der Waals surface area contributed by atoms with E-state index in [1.165, 1.54) is 12.1 Å². The van der Waals surface area contributed by atoms with Crippen molar-refractivity contribution in [1.29, 1.82) is 0 Å². The van der Waals surface area contributed by atoms with E-state index in [1.807, 2.05) is 13.8 Å². The normalized spacial score (nSPS) is 10.5. The Hall–Kier alpha value is -0.785. The van der Waals surface area contributed by atoms with Gasteiger partial charge in [0.25, 0.3) is 0 Å². The first-order valence-electron chi connectivity index (χ1n) is 3.66. The van der Waals surface area contributed by atoms with E-state index in [-0.39, 0.29) is 11.7 Å². The molecule has 1 aromatic rings. The standard InChI is InChI=1S/C9H10BF/c1-6(2)8-5-7(11)3-4-9(8)10/h3-6H,1-2H3. The highest BCUT2D eigenvalue weighted by atomic mass is 19.1. The summed E-state index contributed by atoms with van der Waals surface area (Å²) in [5.41, 5.74) is 1.55. The van der Waals surface area contributed by atoms with E-state index >= 15 is 0 Å². The maximum absolute atomic E-state index is 12.7. The van der Waals surface area contributed by atoms with Gasteiger partial charge in [0.1, 0.15) is 13.7 Å². The van der Waals surface area contributed by atoms with Crippen LogP contribution >= 0.6 is 0 Å². The second-order valence-electron chi connectivity index (χ2n) is 2.93. The zero-order valence-corrected chi connectivity index (χ0v) is 6.76. The average Bonchev–Trinajstić information content (AvgIpc) is 1.94. The largest absolute Gasteiger partial charge is 0.207 e. The van der Waals surface area contributed by atoms with Gasteiger partial charge in [-0.2, -0.15) is 0 Å². The van der Waals surface area contributed by atoms with Crippen molar-refractivity contribution in [2.45, 2.75) is 19.8 Å². The molecule has 1 rings (SSSR count). The second-order valence-corrected chi connectivity index (χ2v) is 2.93. The van der Waals surface area contributed by atoms with E-state index < -0.39 is 0 Å². The van der Waals surface area contributed by atoms with Gasteiger partial charge in [-0.15, -0.1) is 0 Å². The first-order chi connectivity index (χ1) is 5.11. The van der Waals surface area contributed by atoms with Crippen LogP contribution in [0.2, 0.25) is 0 Å². The summed E-state index contributed by atoms with van der Waals surface area (Å²) < 4.78 is 12.7.